The second-order valence-electron chi connectivity index (χ2n) is 0.785. The van der Waals surface area contributed by atoms with Gasteiger partial charge < -0.3 is 0 Å². The topological polar surface area (TPSA) is 0 Å². The van der Waals surface area contributed by atoms with Crippen LogP contribution in [0.15, 0.2) is 0 Å². The number of hydrogen-bond acceptors (Lipinski definition) is 0. The van der Waals surface area contributed by atoms with Crippen LogP contribution in [0.25, 0.3) is 0 Å². The van der Waals surface area contributed by atoms with Gasteiger partial charge >= 0.3 is 37.6 Å². The molecule has 0 aromatic rings. The van der Waals surface area contributed by atoms with Crippen LogP contribution in [0.4, 0.5) is 0 Å². The Balaban J connectivity index is 2.32. The van der Waals surface area contributed by atoms with E-state index in [1.807, 2.05) is 0 Å². The Morgan fingerprint density at radius 3 is 1.50 bits per heavy atom. The first-order valence-electron chi connectivity index (χ1n) is 1.06. The molecule has 0 radical (unpaired) electrons. The van der Waals surface area contributed by atoms with Crippen molar-refractivity contribution in [1.29, 1.82) is 0 Å². The second-order valence-corrected chi connectivity index (χ2v) is 9.80. The first-order valence-corrected chi connectivity index (χ1v) is 9.40. The minimum absolute atomic E-state index is 0.978. The zero-order valence-electron chi connectivity index (χ0n) is 2.83. The van der Waals surface area contributed by atoms with Gasteiger partial charge in [-0.15, -0.1) is 0 Å². The molecule has 0 spiro atoms. The molecule has 2 heteroatoms. The molecule has 0 fully saturated rings. The van der Waals surface area contributed by atoms with Crippen molar-refractivity contribution in [3.63, 3.8) is 0 Å². The average molecular weight is 187 g/mol. The SMILES string of the molecule is [CH3][Sb]([CH3])[Cl]. The van der Waals surface area contributed by atoms with Crippen LogP contribution in [0.1, 0.15) is 0 Å². The summed E-state index contributed by atoms with van der Waals surface area (Å²) in [7, 11) is 5.46. The predicted octanol–water partition coefficient (Wildman–Crippen LogP) is 1.48. The van der Waals surface area contributed by atoms with E-state index in [0.29, 0.717) is 0 Å². The molecule has 0 nitrogen and oxygen atoms in total. The molecule has 0 N–H and O–H groups in total. The van der Waals surface area contributed by atoms with Gasteiger partial charge in [0.25, 0.3) is 0 Å². The maximum absolute atomic E-state index is 5.46. The van der Waals surface area contributed by atoms with Gasteiger partial charge in [-0.05, 0) is 0 Å². The standard InChI is InChI=1S/2CH3.ClH.Sb/h2*1H3;1H;/q;;;+1/p-1. The Morgan fingerprint density at radius 1 is 1.50 bits per heavy atom. The van der Waals surface area contributed by atoms with Gasteiger partial charge in [-0.3, -0.25) is 0 Å². The van der Waals surface area contributed by atoms with E-state index >= 15 is 0 Å². The molecule has 0 aromatic heterocycles. The van der Waals surface area contributed by atoms with Gasteiger partial charge in [-0.25, -0.2) is 0 Å². The van der Waals surface area contributed by atoms with Gasteiger partial charge in [0.2, 0.25) is 0 Å². The van der Waals surface area contributed by atoms with Crippen LogP contribution in [-0.2, 0) is 0 Å². The molecular weight excluding hydrogens is 181 g/mol. The summed E-state index contributed by atoms with van der Waals surface area (Å²) < 4.78 is 0. The molecule has 0 aliphatic rings. The summed E-state index contributed by atoms with van der Waals surface area (Å²) in [4.78, 5) is 4.23. The molecule has 0 saturated heterocycles. The molecule has 4 heavy (non-hydrogen) atoms. The van der Waals surface area contributed by atoms with Crippen molar-refractivity contribution in [2.45, 2.75) is 9.74 Å². The Labute approximate surface area is 37.8 Å². The molecule has 26 valence electrons. The van der Waals surface area contributed by atoms with Crippen molar-refractivity contribution in [1.82, 2.24) is 0 Å². The van der Waals surface area contributed by atoms with E-state index < -0.39 is 19.1 Å². The van der Waals surface area contributed by atoms with Crippen molar-refractivity contribution in [3.05, 3.63) is 0 Å². The van der Waals surface area contributed by atoms with Crippen molar-refractivity contribution >= 4 is 27.9 Å². The van der Waals surface area contributed by atoms with Crippen LogP contribution in [0.2, 0.25) is 9.74 Å². The summed E-state index contributed by atoms with van der Waals surface area (Å²) >= 11 is -0.978. The minimum atomic E-state index is -0.978. The summed E-state index contributed by atoms with van der Waals surface area (Å²) in [5.41, 5.74) is 0. The normalized spacial score (nSPS) is 9.00. The fourth-order valence-corrected chi connectivity index (χ4v) is 0. The first-order chi connectivity index (χ1) is 1.73. The van der Waals surface area contributed by atoms with Gasteiger partial charge in [0.05, 0.1) is 0 Å². The Kier molecular flexibility index (Phi) is 3.00. The third kappa shape index (κ3) is 11.2. The van der Waals surface area contributed by atoms with Crippen molar-refractivity contribution in [2.75, 3.05) is 0 Å². The second kappa shape index (κ2) is 2.35. The van der Waals surface area contributed by atoms with Crippen molar-refractivity contribution in [2.24, 2.45) is 0 Å². The summed E-state index contributed by atoms with van der Waals surface area (Å²) in [6.45, 7) is 0. The molecule has 0 aliphatic heterocycles. The summed E-state index contributed by atoms with van der Waals surface area (Å²) in [6, 6.07) is 0. The van der Waals surface area contributed by atoms with E-state index in [1.54, 1.807) is 0 Å². The van der Waals surface area contributed by atoms with Crippen LogP contribution < -0.4 is 0 Å². The molecule has 0 saturated carbocycles. The molecule has 0 atom stereocenters. The molecule has 0 rings (SSSR count). The zero-order valence-corrected chi connectivity index (χ0v) is 6.13. The molecular formula is C2H6ClSb. The third-order valence-electron chi connectivity index (χ3n) is 0. The molecule has 0 aliphatic carbocycles. The van der Waals surface area contributed by atoms with E-state index in [1.165, 1.54) is 0 Å². The Bertz CT molecular complexity index is 10.8. The molecule has 0 bridgehead atoms. The van der Waals surface area contributed by atoms with Gasteiger partial charge in [0.15, 0.2) is 0 Å². The van der Waals surface area contributed by atoms with E-state index in [4.69, 9.17) is 8.83 Å². The van der Waals surface area contributed by atoms with Crippen molar-refractivity contribution < 1.29 is 0 Å². The average Bonchev–Trinajstić information content (AvgIpc) is 0.811. The maximum atomic E-state index is 5.46. The summed E-state index contributed by atoms with van der Waals surface area (Å²) in [5, 5.41) is 0. The summed E-state index contributed by atoms with van der Waals surface area (Å²) in [5.74, 6) is 0. The van der Waals surface area contributed by atoms with Crippen LogP contribution >= 0.6 is 8.83 Å². The zero-order chi connectivity index (χ0) is 3.58. The van der Waals surface area contributed by atoms with Crippen molar-refractivity contribution in [3.8, 4) is 0 Å². The fraction of sp³-hybridized carbons (Fsp3) is 1.00. The van der Waals surface area contributed by atoms with Gasteiger partial charge in [0, 0.05) is 0 Å². The molecule has 0 heterocycles. The van der Waals surface area contributed by atoms with E-state index in [0.717, 1.165) is 0 Å². The van der Waals surface area contributed by atoms with E-state index in [9.17, 15) is 0 Å². The molecule has 0 amide bonds. The molecule has 0 aromatic carbocycles. The number of rotatable bonds is 0. The fourth-order valence-electron chi connectivity index (χ4n) is 0. The monoisotopic (exact) mass is 186 g/mol. The van der Waals surface area contributed by atoms with Gasteiger partial charge in [-0.2, -0.15) is 0 Å². The Hall–Kier alpha value is 1.11. The van der Waals surface area contributed by atoms with E-state index in [2.05, 4.69) is 9.74 Å². The van der Waals surface area contributed by atoms with Crippen LogP contribution in [0.5, 0.6) is 0 Å². The first kappa shape index (κ1) is 5.11. The molecule has 0 unspecified atom stereocenters. The van der Waals surface area contributed by atoms with Crippen LogP contribution in [-0.4, -0.2) is 19.1 Å². The predicted molar refractivity (Wildman–Crippen MR) is 23.3 cm³/mol. The van der Waals surface area contributed by atoms with Crippen LogP contribution in [0.3, 0.4) is 0 Å². The summed E-state index contributed by atoms with van der Waals surface area (Å²) in [6.07, 6.45) is 0. The Morgan fingerprint density at radius 2 is 1.50 bits per heavy atom. The van der Waals surface area contributed by atoms with Crippen LogP contribution in [0, 0.1) is 0 Å². The van der Waals surface area contributed by atoms with Gasteiger partial charge in [-0.1, -0.05) is 0 Å². The van der Waals surface area contributed by atoms with Gasteiger partial charge in [0.1, 0.15) is 0 Å². The number of halogens is 1. The number of hydrogen-bond donors (Lipinski definition) is 0. The third-order valence-corrected chi connectivity index (χ3v) is 0. The quantitative estimate of drug-likeness (QED) is 0.504. The van der Waals surface area contributed by atoms with E-state index in [-0.39, 0.29) is 0 Å².